The van der Waals surface area contributed by atoms with Gasteiger partial charge in [-0.2, -0.15) is 10.5 Å². The highest BCUT2D eigenvalue weighted by Gasteiger charge is 2.07. The van der Waals surface area contributed by atoms with Gasteiger partial charge in [-0.3, -0.25) is 0 Å². The number of anilines is 1. The second-order valence-corrected chi connectivity index (χ2v) is 4.09. The molecule has 0 aliphatic heterocycles. The topological polar surface area (TPSA) is 81.7 Å². The number of methoxy groups -OCH3 is 1. The van der Waals surface area contributed by atoms with Crippen LogP contribution in [-0.2, 0) is 0 Å². The molecule has 2 aromatic rings. The van der Waals surface area contributed by atoms with E-state index in [2.05, 4.69) is 10.3 Å². The van der Waals surface area contributed by atoms with Crippen LogP contribution >= 0.6 is 0 Å². The lowest BCUT2D eigenvalue weighted by Crippen LogP contribution is -1.95. The number of fused-ring (bicyclic) bond motifs is 1. The van der Waals surface area contributed by atoms with Crippen molar-refractivity contribution in [3.8, 4) is 17.9 Å². The molecule has 1 N–H and O–H groups in total. The van der Waals surface area contributed by atoms with E-state index in [0.29, 0.717) is 5.75 Å². The van der Waals surface area contributed by atoms with Gasteiger partial charge >= 0.3 is 0 Å². The van der Waals surface area contributed by atoms with Crippen molar-refractivity contribution in [3.63, 3.8) is 0 Å². The van der Waals surface area contributed by atoms with Crippen molar-refractivity contribution in [3.05, 3.63) is 41.7 Å². The van der Waals surface area contributed by atoms with Crippen LogP contribution in [0.5, 0.6) is 5.75 Å². The zero-order valence-electron chi connectivity index (χ0n) is 11.1. The molecule has 1 aromatic heterocycles. The van der Waals surface area contributed by atoms with Crippen LogP contribution < -0.4 is 10.1 Å². The van der Waals surface area contributed by atoms with E-state index in [1.54, 1.807) is 25.3 Å². The van der Waals surface area contributed by atoms with E-state index in [0.717, 1.165) is 22.3 Å². The molecule has 0 aliphatic carbocycles. The number of nitriles is 2. The molecule has 0 saturated carbocycles. The van der Waals surface area contributed by atoms with Crippen LogP contribution in [0.4, 0.5) is 5.69 Å². The molecule has 5 nitrogen and oxygen atoms in total. The third kappa shape index (κ3) is 2.52. The molecule has 98 valence electrons. The first-order valence-corrected chi connectivity index (χ1v) is 5.91. The highest BCUT2D eigenvalue weighted by molar-refractivity contribution is 5.95. The summed E-state index contributed by atoms with van der Waals surface area (Å²) in [4.78, 5) is 4.46. The number of rotatable bonds is 3. The van der Waals surface area contributed by atoms with Crippen molar-refractivity contribution in [2.75, 3.05) is 12.4 Å². The molecule has 0 unspecified atom stereocenters. The van der Waals surface area contributed by atoms with E-state index in [1.807, 2.05) is 25.1 Å². The molecule has 0 saturated heterocycles. The number of hydrogen-bond donors (Lipinski definition) is 1. The van der Waals surface area contributed by atoms with Crippen LogP contribution in [0, 0.1) is 29.6 Å². The zero-order chi connectivity index (χ0) is 14.5. The molecular formula is C15H12N4O. The fourth-order valence-corrected chi connectivity index (χ4v) is 1.82. The molecule has 0 spiro atoms. The minimum absolute atomic E-state index is 0.00837. The van der Waals surface area contributed by atoms with Gasteiger partial charge in [0.2, 0.25) is 0 Å². The molecule has 0 atom stereocenters. The Kier molecular flexibility index (Phi) is 3.83. The lowest BCUT2D eigenvalue weighted by molar-refractivity contribution is 0.419. The van der Waals surface area contributed by atoms with Gasteiger partial charge in [0.05, 0.1) is 7.11 Å². The summed E-state index contributed by atoms with van der Waals surface area (Å²) in [7, 11) is 1.59. The second kappa shape index (κ2) is 5.73. The monoisotopic (exact) mass is 264 g/mol. The maximum absolute atomic E-state index is 8.72. The average Bonchev–Trinajstić information content (AvgIpc) is 2.47. The van der Waals surface area contributed by atoms with E-state index in [4.69, 9.17) is 15.3 Å². The molecule has 20 heavy (non-hydrogen) atoms. The SMILES string of the molecule is COc1ccc(NC=C(C#N)C#N)c2ccc(C)nc12. The number of hydrogen-bond acceptors (Lipinski definition) is 5. The zero-order valence-corrected chi connectivity index (χ0v) is 11.1. The van der Waals surface area contributed by atoms with Crippen LogP contribution in [0.1, 0.15) is 5.69 Å². The smallest absolute Gasteiger partial charge is 0.145 e. The maximum atomic E-state index is 8.72. The van der Waals surface area contributed by atoms with E-state index in [9.17, 15) is 0 Å². The van der Waals surface area contributed by atoms with Gasteiger partial charge in [-0.1, -0.05) is 0 Å². The van der Waals surface area contributed by atoms with E-state index in [-0.39, 0.29) is 5.57 Å². The van der Waals surface area contributed by atoms with Crippen LogP contribution in [0.2, 0.25) is 0 Å². The largest absolute Gasteiger partial charge is 0.494 e. The third-order valence-corrected chi connectivity index (χ3v) is 2.79. The van der Waals surface area contributed by atoms with E-state index in [1.165, 1.54) is 6.20 Å². The van der Waals surface area contributed by atoms with E-state index < -0.39 is 0 Å². The standard InChI is InChI=1S/C15H12N4O/c1-10-3-4-12-13(18-9-11(7-16)8-17)5-6-14(20-2)15(12)19-10/h3-6,9,18H,1-2H3. The molecule has 2 rings (SSSR count). The minimum Gasteiger partial charge on any atom is -0.494 e. The summed E-state index contributed by atoms with van der Waals surface area (Å²) in [5.74, 6) is 0.680. The van der Waals surface area contributed by atoms with Crippen LogP contribution in [0.3, 0.4) is 0 Å². The average molecular weight is 264 g/mol. The summed E-state index contributed by atoms with van der Waals surface area (Å²) in [5.41, 5.74) is 2.39. The maximum Gasteiger partial charge on any atom is 0.145 e. The van der Waals surface area contributed by atoms with Crippen molar-refractivity contribution in [2.45, 2.75) is 6.92 Å². The Bertz CT molecular complexity index is 750. The number of ether oxygens (including phenoxy) is 1. The van der Waals surface area contributed by atoms with Crippen LogP contribution in [0.15, 0.2) is 36.0 Å². The summed E-state index contributed by atoms with van der Waals surface area (Å²) in [6, 6.07) is 11.0. The predicted octanol–water partition coefficient (Wildman–Crippen LogP) is 2.89. The number of nitrogens with one attached hydrogen (secondary N) is 1. The molecule has 0 fully saturated rings. The van der Waals surface area contributed by atoms with Crippen LogP contribution in [-0.4, -0.2) is 12.1 Å². The Hall–Kier alpha value is -3.05. The molecule has 0 bridgehead atoms. The summed E-state index contributed by atoms with van der Waals surface area (Å²) >= 11 is 0. The van der Waals surface area contributed by atoms with Crippen LogP contribution in [0.25, 0.3) is 10.9 Å². The van der Waals surface area contributed by atoms with Gasteiger partial charge in [0.1, 0.15) is 29.0 Å². The quantitative estimate of drug-likeness (QED) is 0.862. The number of aromatic nitrogens is 1. The van der Waals surface area contributed by atoms with E-state index >= 15 is 0 Å². The molecular weight excluding hydrogens is 252 g/mol. The lowest BCUT2D eigenvalue weighted by atomic mass is 10.1. The van der Waals surface area contributed by atoms with Crippen molar-refractivity contribution < 1.29 is 4.74 Å². The van der Waals surface area contributed by atoms with Crippen molar-refractivity contribution in [1.29, 1.82) is 10.5 Å². The Morgan fingerprint density at radius 2 is 2.00 bits per heavy atom. The molecule has 1 heterocycles. The molecule has 1 aromatic carbocycles. The van der Waals surface area contributed by atoms with Gasteiger partial charge in [0, 0.05) is 23.0 Å². The summed E-state index contributed by atoms with van der Waals surface area (Å²) in [6.07, 6.45) is 1.38. The summed E-state index contributed by atoms with van der Waals surface area (Å²) in [6.45, 7) is 1.91. The Morgan fingerprint density at radius 3 is 2.65 bits per heavy atom. The highest BCUT2D eigenvalue weighted by Crippen LogP contribution is 2.30. The molecule has 0 amide bonds. The van der Waals surface area contributed by atoms with Gasteiger partial charge in [-0.25, -0.2) is 4.98 Å². The number of nitrogens with zero attached hydrogens (tertiary/aromatic N) is 3. The first-order valence-electron chi connectivity index (χ1n) is 5.91. The number of pyridine rings is 1. The first kappa shape index (κ1) is 13.4. The number of aryl methyl sites for hydroxylation is 1. The van der Waals surface area contributed by atoms with Gasteiger partial charge in [0.25, 0.3) is 0 Å². The summed E-state index contributed by atoms with van der Waals surface area (Å²) in [5, 5.41) is 21.3. The lowest BCUT2D eigenvalue weighted by Gasteiger charge is -2.10. The van der Waals surface area contributed by atoms with Gasteiger partial charge < -0.3 is 10.1 Å². The Morgan fingerprint density at radius 1 is 1.25 bits per heavy atom. The van der Waals surface area contributed by atoms with Crippen molar-refractivity contribution in [1.82, 2.24) is 4.98 Å². The normalized spacial score (nSPS) is 9.40. The third-order valence-electron chi connectivity index (χ3n) is 2.79. The molecule has 0 radical (unpaired) electrons. The van der Waals surface area contributed by atoms with Crippen molar-refractivity contribution >= 4 is 16.6 Å². The second-order valence-electron chi connectivity index (χ2n) is 4.09. The molecule has 0 aliphatic rings. The Balaban J connectivity index is 2.54. The highest BCUT2D eigenvalue weighted by atomic mass is 16.5. The summed E-state index contributed by atoms with van der Waals surface area (Å²) < 4.78 is 5.30. The fraction of sp³-hybridized carbons (Fsp3) is 0.133. The van der Waals surface area contributed by atoms with Gasteiger partial charge in [0.15, 0.2) is 0 Å². The van der Waals surface area contributed by atoms with Crippen molar-refractivity contribution in [2.24, 2.45) is 0 Å². The molecule has 5 heteroatoms. The number of benzene rings is 1. The fourth-order valence-electron chi connectivity index (χ4n) is 1.82. The Labute approximate surface area is 116 Å². The first-order chi connectivity index (χ1) is 9.69. The van der Waals surface area contributed by atoms with Gasteiger partial charge in [-0.15, -0.1) is 0 Å². The minimum atomic E-state index is 0.00837. The predicted molar refractivity (Wildman–Crippen MR) is 76.0 cm³/mol. The number of allylic oxidation sites excluding steroid dienone is 1. The van der Waals surface area contributed by atoms with Gasteiger partial charge in [-0.05, 0) is 31.2 Å².